The van der Waals surface area contributed by atoms with E-state index in [0.29, 0.717) is 19.0 Å². The van der Waals surface area contributed by atoms with Gasteiger partial charge in [-0.05, 0) is 56.4 Å². The Balaban J connectivity index is 1.81. The van der Waals surface area contributed by atoms with Crippen LogP contribution in [0.1, 0.15) is 63.2 Å². The number of amides is 1. The highest BCUT2D eigenvalue weighted by Gasteiger charge is 2.27. The van der Waals surface area contributed by atoms with Crippen LogP contribution in [0.5, 0.6) is 0 Å². The molecule has 1 saturated heterocycles. The summed E-state index contributed by atoms with van der Waals surface area (Å²) in [4.78, 5) is 24.2. The SMILES string of the molecule is CC(C)CCC[C@@H](C)NC(=O)COC(=O)c1ccc(S(=O)(=O)N2CCCC2)cc1. The van der Waals surface area contributed by atoms with E-state index in [1.807, 2.05) is 6.92 Å². The fourth-order valence-corrected chi connectivity index (χ4v) is 4.79. The Morgan fingerprint density at radius 1 is 1.07 bits per heavy atom. The van der Waals surface area contributed by atoms with Crippen LogP contribution in [0, 0.1) is 5.92 Å². The Kier molecular flexibility index (Phi) is 8.64. The third kappa shape index (κ3) is 7.12. The van der Waals surface area contributed by atoms with Crippen LogP contribution in [0.15, 0.2) is 29.2 Å². The lowest BCUT2D eigenvalue weighted by molar-refractivity contribution is -0.124. The minimum absolute atomic E-state index is 0.0232. The van der Waals surface area contributed by atoms with E-state index in [0.717, 1.165) is 32.1 Å². The average molecular weight is 425 g/mol. The van der Waals surface area contributed by atoms with Gasteiger partial charge in [-0.3, -0.25) is 4.79 Å². The number of benzene rings is 1. The summed E-state index contributed by atoms with van der Waals surface area (Å²) < 4.78 is 31.5. The molecule has 1 aromatic rings. The molecular formula is C21H32N2O5S. The number of esters is 1. The van der Waals surface area contributed by atoms with Crippen molar-refractivity contribution in [3.05, 3.63) is 29.8 Å². The van der Waals surface area contributed by atoms with Gasteiger partial charge in [0.25, 0.3) is 5.91 Å². The lowest BCUT2D eigenvalue weighted by Crippen LogP contribution is -2.35. The number of hydrogen-bond acceptors (Lipinski definition) is 5. The van der Waals surface area contributed by atoms with Crippen molar-refractivity contribution in [1.82, 2.24) is 9.62 Å². The summed E-state index contributed by atoms with van der Waals surface area (Å²) in [6.07, 6.45) is 4.75. The molecule has 1 aromatic carbocycles. The molecule has 1 N–H and O–H groups in total. The van der Waals surface area contributed by atoms with E-state index in [-0.39, 0.29) is 29.0 Å². The first-order valence-electron chi connectivity index (χ1n) is 10.3. The fraction of sp³-hybridized carbons (Fsp3) is 0.619. The summed E-state index contributed by atoms with van der Waals surface area (Å²) >= 11 is 0. The van der Waals surface area contributed by atoms with Gasteiger partial charge in [0.05, 0.1) is 10.5 Å². The van der Waals surface area contributed by atoms with E-state index in [4.69, 9.17) is 4.74 Å². The van der Waals surface area contributed by atoms with Crippen LogP contribution >= 0.6 is 0 Å². The first-order valence-corrected chi connectivity index (χ1v) is 11.7. The summed E-state index contributed by atoms with van der Waals surface area (Å²) in [5.74, 6) is -0.364. The van der Waals surface area contributed by atoms with Crippen LogP contribution in [0.25, 0.3) is 0 Å². The maximum absolute atomic E-state index is 12.5. The lowest BCUT2D eigenvalue weighted by atomic mass is 10.0. The molecule has 1 amide bonds. The molecule has 0 aliphatic carbocycles. The van der Waals surface area contributed by atoms with Crippen molar-refractivity contribution in [2.75, 3.05) is 19.7 Å². The Morgan fingerprint density at radius 3 is 2.28 bits per heavy atom. The molecule has 0 bridgehead atoms. The van der Waals surface area contributed by atoms with Crippen LogP contribution in [0.2, 0.25) is 0 Å². The molecule has 0 unspecified atom stereocenters. The molecule has 1 aliphatic heterocycles. The Labute approximate surface area is 173 Å². The molecule has 0 aromatic heterocycles. The van der Waals surface area contributed by atoms with E-state index >= 15 is 0 Å². The molecule has 8 heteroatoms. The van der Waals surface area contributed by atoms with Gasteiger partial charge in [-0.15, -0.1) is 0 Å². The highest BCUT2D eigenvalue weighted by atomic mass is 32.2. The molecule has 29 heavy (non-hydrogen) atoms. The maximum atomic E-state index is 12.5. The monoisotopic (exact) mass is 424 g/mol. The summed E-state index contributed by atoms with van der Waals surface area (Å²) in [6, 6.07) is 5.66. The third-order valence-corrected chi connectivity index (χ3v) is 6.87. The van der Waals surface area contributed by atoms with E-state index in [1.165, 1.54) is 28.6 Å². The maximum Gasteiger partial charge on any atom is 0.338 e. The smallest absolute Gasteiger partial charge is 0.338 e. The van der Waals surface area contributed by atoms with E-state index in [9.17, 15) is 18.0 Å². The minimum Gasteiger partial charge on any atom is -0.452 e. The average Bonchev–Trinajstić information content (AvgIpc) is 3.21. The van der Waals surface area contributed by atoms with E-state index < -0.39 is 16.0 Å². The minimum atomic E-state index is -3.52. The molecule has 0 spiro atoms. The Bertz CT molecular complexity index is 784. The van der Waals surface area contributed by atoms with Crippen LogP contribution in [-0.4, -0.2) is 50.3 Å². The zero-order chi connectivity index (χ0) is 21.4. The van der Waals surface area contributed by atoms with Crippen molar-refractivity contribution in [3.8, 4) is 0 Å². The quantitative estimate of drug-likeness (QED) is 0.583. The van der Waals surface area contributed by atoms with Crippen LogP contribution in [0.4, 0.5) is 0 Å². The molecule has 162 valence electrons. The number of ether oxygens (including phenoxy) is 1. The predicted molar refractivity (Wildman–Crippen MR) is 111 cm³/mol. The molecular weight excluding hydrogens is 392 g/mol. The zero-order valence-electron chi connectivity index (χ0n) is 17.5. The fourth-order valence-electron chi connectivity index (χ4n) is 3.28. The van der Waals surface area contributed by atoms with Crippen molar-refractivity contribution < 1.29 is 22.7 Å². The second kappa shape index (κ2) is 10.7. The van der Waals surface area contributed by atoms with Gasteiger partial charge >= 0.3 is 5.97 Å². The van der Waals surface area contributed by atoms with Gasteiger partial charge in [-0.25, -0.2) is 13.2 Å². The van der Waals surface area contributed by atoms with Gasteiger partial charge in [0.2, 0.25) is 10.0 Å². The largest absolute Gasteiger partial charge is 0.452 e. The van der Waals surface area contributed by atoms with Crippen molar-refractivity contribution in [2.24, 2.45) is 5.92 Å². The second-order valence-corrected chi connectivity index (χ2v) is 9.94. The molecule has 2 rings (SSSR count). The van der Waals surface area contributed by atoms with Crippen LogP contribution in [0.3, 0.4) is 0 Å². The normalized spacial score (nSPS) is 16.0. The predicted octanol–water partition coefficient (Wildman–Crippen LogP) is 2.96. The number of nitrogens with zero attached hydrogens (tertiary/aromatic N) is 1. The summed E-state index contributed by atoms with van der Waals surface area (Å²) in [5, 5.41) is 2.82. The third-order valence-electron chi connectivity index (χ3n) is 4.95. The van der Waals surface area contributed by atoms with Gasteiger partial charge < -0.3 is 10.1 Å². The number of carbonyl (C=O) groups is 2. The topological polar surface area (TPSA) is 92.8 Å². The van der Waals surface area contributed by atoms with Gasteiger partial charge in [0.1, 0.15) is 0 Å². The summed E-state index contributed by atoms with van der Waals surface area (Å²) in [6.45, 7) is 6.95. The first-order chi connectivity index (χ1) is 13.7. The van der Waals surface area contributed by atoms with Gasteiger partial charge in [0, 0.05) is 19.1 Å². The van der Waals surface area contributed by atoms with E-state index in [1.54, 1.807) is 0 Å². The molecule has 0 saturated carbocycles. The molecule has 1 fully saturated rings. The zero-order valence-corrected chi connectivity index (χ0v) is 18.3. The number of hydrogen-bond donors (Lipinski definition) is 1. The number of carbonyl (C=O) groups excluding carboxylic acids is 2. The van der Waals surface area contributed by atoms with Crippen molar-refractivity contribution in [3.63, 3.8) is 0 Å². The Hall–Kier alpha value is -1.93. The van der Waals surface area contributed by atoms with Crippen molar-refractivity contribution in [2.45, 2.75) is 63.8 Å². The highest BCUT2D eigenvalue weighted by Crippen LogP contribution is 2.21. The van der Waals surface area contributed by atoms with E-state index in [2.05, 4.69) is 19.2 Å². The number of nitrogens with one attached hydrogen (secondary N) is 1. The molecule has 1 atom stereocenters. The molecule has 7 nitrogen and oxygen atoms in total. The van der Waals surface area contributed by atoms with Gasteiger partial charge in [-0.2, -0.15) is 4.31 Å². The van der Waals surface area contributed by atoms with Crippen molar-refractivity contribution >= 4 is 21.9 Å². The molecule has 1 heterocycles. The first kappa shape index (κ1) is 23.3. The second-order valence-electron chi connectivity index (χ2n) is 8.01. The number of rotatable bonds is 10. The van der Waals surface area contributed by atoms with Crippen molar-refractivity contribution in [1.29, 1.82) is 0 Å². The Morgan fingerprint density at radius 2 is 1.69 bits per heavy atom. The van der Waals surface area contributed by atoms with Crippen LogP contribution < -0.4 is 5.32 Å². The molecule has 1 aliphatic rings. The summed E-state index contributed by atoms with van der Waals surface area (Å²) in [7, 11) is -3.52. The lowest BCUT2D eigenvalue weighted by Gasteiger charge is -2.16. The van der Waals surface area contributed by atoms with Crippen LogP contribution in [-0.2, 0) is 19.6 Å². The standard InChI is InChI=1S/C21H32N2O5S/c1-16(2)7-6-8-17(3)22-20(24)15-28-21(25)18-9-11-19(12-10-18)29(26,27)23-13-4-5-14-23/h9-12,16-17H,4-8,13-15H2,1-3H3,(H,22,24)/t17-/m1/s1. The van der Waals surface area contributed by atoms with Gasteiger partial charge in [0.15, 0.2) is 6.61 Å². The summed E-state index contributed by atoms with van der Waals surface area (Å²) in [5.41, 5.74) is 0.211. The number of sulfonamides is 1. The highest BCUT2D eigenvalue weighted by molar-refractivity contribution is 7.89. The van der Waals surface area contributed by atoms with Gasteiger partial charge in [-0.1, -0.05) is 26.7 Å². The molecule has 0 radical (unpaired) electrons.